The van der Waals surface area contributed by atoms with Crippen LogP contribution in [0.25, 0.3) is 0 Å². The highest BCUT2D eigenvalue weighted by Gasteiger charge is 2.19. The standard InChI is InChI=1S/C11H17ClO/c12-11-2-1-10(8-11)7-9-3-5-13-6-4-9/h8-9,11H,1-7H2. The lowest BCUT2D eigenvalue weighted by Crippen LogP contribution is -2.15. The Kier molecular flexibility index (Phi) is 3.28. The summed E-state index contributed by atoms with van der Waals surface area (Å²) in [5.74, 6) is 0.863. The summed E-state index contributed by atoms with van der Waals surface area (Å²) < 4.78 is 5.34. The summed E-state index contributed by atoms with van der Waals surface area (Å²) in [6, 6.07) is 0. The Morgan fingerprint density at radius 2 is 2.08 bits per heavy atom. The Balaban J connectivity index is 1.80. The second kappa shape index (κ2) is 4.47. The van der Waals surface area contributed by atoms with E-state index in [1.807, 2.05) is 0 Å². The molecule has 1 nitrogen and oxygen atoms in total. The Bertz CT molecular complexity index is 194. The zero-order valence-electron chi connectivity index (χ0n) is 7.97. The van der Waals surface area contributed by atoms with E-state index in [-0.39, 0.29) is 0 Å². The summed E-state index contributed by atoms with van der Waals surface area (Å²) in [6.07, 6.45) is 8.39. The van der Waals surface area contributed by atoms with Crippen LogP contribution in [0.2, 0.25) is 0 Å². The monoisotopic (exact) mass is 200 g/mol. The van der Waals surface area contributed by atoms with Crippen LogP contribution in [0.1, 0.15) is 32.1 Å². The van der Waals surface area contributed by atoms with Crippen LogP contribution < -0.4 is 0 Å². The van der Waals surface area contributed by atoms with Crippen molar-refractivity contribution in [2.24, 2.45) is 5.92 Å². The fraction of sp³-hybridized carbons (Fsp3) is 0.818. The maximum atomic E-state index is 6.02. The largest absolute Gasteiger partial charge is 0.381 e. The van der Waals surface area contributed by atoms with Gasteiger partial charge in [-0.15, -0.1) is 11.6 Å². The molecule has 0 spiro atoms. The molecule has 2 heteroatoms. The third kappa shape index (κ3) is 2.72. The smallest absolute Gasteiger partial charge is 0.0521 e. The number of hydrogen-bond acceptors (Lipinski definition) is 1. The minimum Gasteiger partial charge on any atom is -0.381 e. The lowest BCUT2D eigenvalue weighted by molar-refractivity contribution is 0.0664. The molecule has 1 fully saturated rings. The molecule has 0 amide bonds. The molecule has 0 aromatic rings. The highest BCUT2D eigenvalue weighted by atomic mass is 35.5. The average molecular weight is 201 g/mol. The maximum Gasteiger partial charge on any atom is 0.0521 e. The van der Waals surface area contributed by atoms with Gasteiger partial charge >= 0.3 is 0 Å². The van der Waals surface area contributed by atoms with Gasteiger partial charge in [0.05, 0.1) is 5.38 Å². The molecule has 1 atom stereocenters. The van der Waals surface area contributed by atoms with Gasteiger partial charge in [-0.1, -0.05) is 11.6 Å². The first-order chi connectivity index (χ1) is 6.34. The quantitative estimate of drug-likeness (QED) is 0.492. The van der Waals surface area contributed by atoms with Gasteiger partial charge in [-0.05, 0) is 38.0 Å². The number of alkyl halides is 1. The van der Waals surface area contributed by atoms with Crippen LogP contribution in [0.3, 0.4) is 0 Å². The van der Waals surface area contributed by atoms with E-state index in [4.69, 9.17) is 16.3 Å². The molecule has 1 saturated heterocycles. The third-order valence-electron chi connectivity index (χ3n) is 3.05. The third-order valence-corrected chi connectivity index (χ3v) is 3.39. The van der Waals surface area contributed by atoms with Gasteiger partial charge < -0.3 is 4.74 Å². The number of rotatable bonds is 2. The van der Waals surface area contributed by atoms with E-state index in [0.717, 1.165) is 25.6 Å². The van der Waals surface area contributed by atoms with Crippen molar-refractivity contribution in [2.45, 2.75) is 37.5 Å². The van der Waals surface area contributed by atoms with Gasteiger partial charge in [0.25, 0.3) is 0 Å². The molecule has 0 aromatic heterocycles. The summed E-state index contributed by atoms with van der Waals surface area (Å²) in [7, 11) is 0. The minimum absolute atomic E-state index is 0.315. The summed E-state index contributed by atoms with van der Waals surface area (Å²) in [5.41, 5.74) is 1.59. The molecule has 1 aliphatic carbocycles. The second-order valence-corrected chi connectivity index (χ2v) is 4.70. The van der Waals surface area contributed by atoms with Crippen molar-refractivity contribution >= 4 is 11.6 Å². The molecule has 1 heterocycles. The Morgan fingerprint density at radius 3 is 2.69 bits per heavy atom. The first kappa shape index (κ1) is 9.54. The van der Waals surface area contributed by atoms with Crippen molar-refractivity contribution < 1.29 is 4.74 Å². The molecule has 0 radical (unpaired) electrons. The van der Waals surface area contributed by atoms with Gasteiger partial charge in [-0.25, -0.2) is 0 Å². The molecule has 2 rings (SSSR count). The van der Waals surface area contributed by atoms with Gasteiger partial charge in [0.2, 0.25) is 0 Å². The lowest BCUT2D eigenvalue weighted by atomic mass is 9.92. The molecule has 1 aliphatic heterocycles. The van der Waals surface area contributed by atoms with Crippen LogP contribution >= 0.6 is 11.6 Å². The number of halogens is 1. The molecule has 1 unspecified atom stereocenters. The predicted molar refractivity (Wildman–Crippen MR) is 55.1 cm³/mol. The first-order valence-corrected chi connectivity index (χ1v) is 5.69. The summed E-state index contributed by atoms with van der Waals surface area (Å²) in [6.45, 7) is 1.92. The second-order valence-electron chi connectivity index (χ2n) is 4.14. The van der Waals surface area contributed by atoms with Crippen LogP contribution in [0.4, 0.5) is 0 Å². The zero-order chi connectivity index (χ0) is 9.10. The van der Waals surface area contributed by atoms with Crippen LogP contribution in [0, 0.1) is 5.92 Å². The molecule has 0 saturated carbocycles. The molecular formula is C11H17ClO. The van der Waals surface area contributed by atoms with E-state index < -0.39 is 0 Å². The van der Waals surface area contributed by atoms with Crippen molar-refractivity contribution in [2.75, 3.05) is 13.2 Å². The van der Waals surface area contributed by atoms with Gasteiger partial charge in [0.15, 0.2) is 0 Å². The highest BCUT2D eigenvalue weighted by Crippen LogP contribution is 2.30. The SMILES string of the molecule is ClC1C=C(CC2CCOCC2)CC1. The van der Waals surface area contributed by atoms with Gasteiger partial charge in [0.1, 0.15) is 0 Å². The molecule has 13 heavy (non-hydrogen) atoms. The summed E-state index contributed by atoms with van der Waals surface area (Å²) in [5, 5.41) is 0.315. The highest BCUT2D eigenvalue weighted by molar-refractivity contribution is 6.22. The van der Waals surface area contributed by atoms with E-state index in [1.54, 1.807) is 5.57 Å². The summed E-state index contributed by atoms with van der Waals surface area (Å²) >= 11 is 6.02. The van der Waals surface area contributed by atoms with E-state index >= 15 is 0 Å². The van der Waals surface area contributed by atoms with E-state index in [0.29, 0.717) is 5.38 Å². The Hall–Kier alpha value is -0.0100. The average Bonchev–Trinajstić information content (AvgIpc) is 2.53. The fourth-order valence-electron chi connectivity index (χ4n) is 2.24. The van der Waals surface area contributed by atoms with E-state index in [1.165, 1.54) is 25.7 Å². The fourth-order valence-corrected chi connectivity index (χ4v) is 2.52. The van der Waals surface area contributed by atoms with Gasteiger partial charge in [0, 0.05) is 13.2 Å². The molecule has 0 bridgehead atoms. The Labute approximate surface area is 85.1 Å². The van der Waals surface area contributed by atoms with Crippen molar-refractivity contribution in [1.29, 1.82) is 0 Å². The van der Waals surface area contributed by atoms with E-state index in [2.05, 4.69) is 6.08 Å². The normalized spacial score (nSPS) is 30.5. The van der Waals surface area contributed by atoms with Crippen molar-refractivity contribution in [3.05, 3.63) is 11.6 Å². The zero-order valence-corrected chi connectivity index (χ0v) is 8.72. The number of allylic oxidation sites excluding steroid dienone is 2. The molecule has 0 N–H and O–H groups in total. The topological polar surface area (TPSA) is 9.23 Å². The molecule has 0 aromatic carbocycles. The van der Waals surface area contributed by atoms with Crippen LogP contribution in [0.5, 0.6) is 0 Å². The van der Waals surface area contributed by atoms with Gasteiger partial charge in [-0.2, -0.15) is 0 Å². The van der Waals surface area contributed by atoms with Crippen molar-refractivity contribution in [3.8, 4) is 0 Å². The van der Waals surface area contributed by atoms with Gasteiger partial charge in [-0.3, -0.25) is 0 Å². The van der Waals surface area contributed by atoms with Crippen LogP contribution in [0.15, 0.2) is 11.6 Å². The Morgan fingerprint density at radius 1 is 1.31 bits per heavy atom. The molecular weight excluding hydrogens is 184 g/mol. The van der Waals surface area contributed by atoms with Crippen molar-refractivity contribution in [3.63, 3.8) is 0 Å². The molecule has 2 aliphatic rings. The van der Waals surface area contributed by atoms with E-state index in [9.17, 15) is 0 Å². The van der Waals surface area contributed by atoms with Crippen LogP contribution in [-0.4, -0.2) is 18.6 Å². The molecule has 74 valence electrons. The first-order valence-electron chi connectivity index (χ1n) is 5.26. The predicted octanol–water partition coefficient (Wildman–Crippen LogP) is 3.13. The van der Waals surface area contributed by atoms with Crippen molar-refractivity contribution in [1.82, 2.24) is 0 Å². The van der Waals surface area contributed by atoms with Crippen LogP contribution in [-0.2, 0) is 4.74 Å². The minimum atomic E-state index is 0.315. The number of ether oxygens (including phenoxy) is 1. The lowest BCUT2D eigenvalue weighted by Gasteiger charge is -2.22. The maximum absolute atomic E-state index is 6.02. The number of hydrogen-bond donors (Lipinski definition) is 0. The summed E-state index contributed by atoms with van der Waals surface area (Å²) in [4.78, 5) is 0.